The molecule has 0 spiro atoms. The van der Waals surface area contributed by atoms with Crippen LogP contribution in [0.15, 0.2) is 36.4 Å². The number of benzene rings is 2. The van der Waals surface area contributed by atoms with Gasteiger partial charge in [0.1, 0.15) is 12.4 Å². The number of nitrogens with zero attached hydrogens (tertiary/aromatic N) is 3. The van der Waals surface area contributed by atoms with Gasteiger partial charge in [-0.1, -0.05) is 25.1 Å². The largest absolute Gasteiger partial charge is 0.494 e. The lowest BCUT2D eigenvalue weighted by Gasteiger charge is -2.37. The Morgan fingerprint density at radius 1 is 1.03 bits per heavy atom. The summed E-state index contributed by atoms with van der Waals surface area (Å²) in [5.41, 5.74) is 5.71. The minimum Gasteiger partial charge on any atom is -0.494 e. The molecule has 2 aromatic rings. The summed E-state index contributed by atoms with van der Waals surface area (Å²) in [5, 5.41) is 8.86. The van der Waals surface area contributed by atoms with Crippen LogP contribution in [0.1, 0.15) is 43.4 Å². The Kier molecular flexibility index (Phi) is 10.8. The zero-order chi connectivity index (χ0) is 26.8. The highest BCUT2D eigenvalue weighted by atomic mass is 16.6. The Bertz CT molecular complexity index is 1050. The molecule has 202 valence electrons. The number of carbonyl (C=O) groups excluding carboxylic acids is 2. The molecule has 0 atom stereocenters. The van der Waals surface area contributed by atoms with E-state index in [4.69, 9.17) is 14.6 Å². The van der Waals surface area contributed by atoms with Crippen molar-refractivity contribution in [3.8, 4) is 5.75 Å². The van der Waals surface area contributed by atoms with Crippen LogP contribution in [0.2, 0.25) is 0 Å². The molecule has 2 aromatic carbocycles. The lowest BCUT2D eigenvalue weighted by atomic mass is 10.0. The number of hydrogen-bond acceptors (Lipinski definition) is 7. The lowest BCUT2D eigenvalue weighted by molar-refractivity contribution is -0.147. The smallest absolute Gasteiger partial charge is 0.333 e. The van der Waals surface area contributed by atoms with Crippen molar-refractivity contribution in [3.05, 3.63) is 53.1 Å². The number of esters is 1. The van der Waals surface area contributed by atoms with Gasteiger partial charge in [0, 0.05) is 44.9 Å². The Labute approximate surface area is 220 Å². The Morgan fingerprint density at radius 3 is 2.46 bits per heavy atom. The topological polar surface area (TPSA) is 82.6 Å². The molecule has 8 nitrogen and oxygen atoms in total. The maximum atomic E-state index is 12.1. The minimum atomic E-state index is -0.779. The number of rotatable bonds is 12. The van der Waals surface area contributed by atoms with E-state index in [0.717, 1.165) is 57.5 Å². The molecule has 0 unspecified atom stereocenters. The van der Waals surface area contributed by atoms with Crippen molar-refractivity contribution < 1.29 is 24.2 Å². The summed E-state index contributed by atoms with van der Waals surface area (Å²) in [5.74, 6) is -0.378. The van der Waals surface area contributed by atoms with Crippen molar-refractivity contribution >= 4 is 23.3 Å². The van der Waals surface area contributed by atoms with Crippen LogP contribution >= 0.6 is 0 Å². The van der Waals surface area contributed by atoms with E-state index in [2.05, 4.69) is 41.8 Å². The van der Waals surface area contributed by atoms with Gasteiger partial charge in [0.2, 0.25) is 5.91 Å². The van der Waals surface area contributed by atoms with Crippen molar-refractivity contribution in [3.63, 3.8) is 0 Å². The number of carbonyl (C=O) groups is 2. The molecule has 0 bridgehead atoms. The number of piperazine rings is 1. The first-order valence-electron chi connectivity index (χ1n) is 13.2. The molecule has 1 amide bonds. The summed E-state index contributed by atoms with van der Waals surface area (Å²) in [6.45, 7) is 12.6. The van der Waals surface area contributed by atoms with Gasteiger partial charge in [0.15, 0.2) is 6.73 Å². The summed E-state index contributed by atoms with van der Waals surface area (Å²) < 4.78 is 10.9. The van der Waals surface area contributed by atoms with Crippen molar-refractivity contribution in [1.29, 1.82) is 0 Å². The molecule has 1 saturated heterocycles. The van der Waals surface area contributed by atoms with Gasteiger partial charge in [0.25, 0.3) is 0 Å². The first kappa shape index (κ1) is 28.5. The normalized spacial score (nSPS) is 13.9. The first-order valence-corrected chi connectivity index (χ1v) is 13.2. The molecular formula is C29H41N3O5. The van der Waals surface area contributed by atoms with Crippen LogP contribution < -0.4 is 14.5 Å². The Balaban J connectivity index is 1.43. The van der Waals surface area contributed by atoms with Gasteiger partial charge in [-0.3, -0.25) is 14.6 Å². The van der Waals surface area contributed by atoms with Gasteiger partial charge < -0.3 is 19.5 Å². The summed E-state index contributed by atoms with van der Waals surface area (Å²) in [6, 6.07) is 12.2. The summed E-state index contributed by atoms with van der Waals surface area (Å²) >= 11 is 0. The number of aliphatic hydroxyl groups is 1. The van der Waals surface area contributed by atoms with Gasteiger partial charge in [0.05, 0.1) is 12.3 Å². The predicted octanol–water partition coefficient (Wildman–Crippen LogP) is 3.69. The SMILES string of the molecule is CCc1c(C)cccc1N1CCN(CCCCOc2ccc(C)c(N(COC(=O)CO)C(C)=O)c2)CC1. The molecule has 1 aliphatic rings. The highest BCUT2D eigenvalue weighted by Crippen LogP contribution is 2.27. The Hall–Kier alpha value is -3.10. The number of aliphatic hydroxyl groups excluding tert-OH is 1. The van der Waals surface area contributed by atoms with Crippen molar-refractivity contribution in [2.45, 2.75) is 47.0 Å². The monoisotopic (exact) mass is 511 g/mol. The summed E-state index contributed by atoms with van der Waals surface area (Å²) in [6.07, 6.45) is 3.06. The number of ether oxygens (including phenoxy) is 2. The molecule has 37 heavy (non-hydrogen) atoms. The van der Waals surface area contributed by atoms with E-state index in [-0.39, 0.29) is 12.6 Å². The molecular weight excluding hydrogens is 470 g/mol. The molecule has 0 saturated carbocycles. The highest BCUT2D eigenvalue weighted by Gasteiger charge is 2.19. The molecule has 1 heterocycles. The zero-order valence-electron chi connectivity index (χ0n) is 22.7. The summed E-state index contributed by atoms with van der Waals surface area (Å²) in [7, 11) is 0. The number of aryl methyl sites for hydroxylation is 2. The minimum absolute atomic E-state index is 0.254. The fourth-order valence-corrected chi connectivity index (χ4v) is 4.76. The second-order valence-electron chi connectivity index (χ2n) is 9.51. The maximum absolute atomic E-state index is 12.1. The fraction of sp³-hybridized carbons (Fsp3) is 0.517. The molecule has 0 radical (unpaired) electrons. The van der Waals surface area contributed by atoms with Crippen LogP contribution in [0, 0.1) is 13.8 Å². The van der Waals surface area contributed by atoms with Gasteiger partial charge in [-0.2, -0.15) is 0 Å². The molecule has 8 heteroatoms. The van der Waals surface area contributed by atoms with Crippen LogP contribution in [0.4, 0.5) is 11.4 Å². The molecule has 1 aliphatic heterocycles. The zero-order valence-corrected chi connectivity index (χ0v) is 22.7. The number of amides is 1. The second kappa shape index (κ2) is 14.0. The quantitative estimate of drug-likeness (QED) is 0.264. The van der Waals surface area contributed by atoms with E-state index in [1.807, 2.05) is 19.1 Å². The van der Waals surface area contributed by atoms with Gasteiger partial charge in [-0.15, -0.1) is 0 Å². The van der Waals surface area contributed by atoms with Gasteiger partial charge in [-0.25, -0.2) is 4.79 Å². The molecule has 0 aromatic heterocycles. The van der Waals surface area contributed by atoms with Crippen LogP contribution in [0.5, 0.6) is 5.75 Å². The average molecular weight is 512 g/mol. The second-order valence-corrected chi connectivity index (χ2v) is 9.51. The van der Waals surface area contributed by atoms with E-state index < -0.39 is 12.6 Å². The van der Waals surface area contributed by atoms with E-state index in [9.17, 15) is 9.59 Å². The Morgan fingerprint density at radius 2 is 1.78 bits per heavy atom. The van der Waals surface area contributed by atoms with Gasteiger partial charge in [-0.05, 0) is 68.5 Å². The molecule has 0 aliphatic carbocycles. The predicted molar refractivity (Wildman–Crippen MR) is 146 cm³/mol. The standard InChI is InChI=1S/C29H41N3O5/c1-5-26-22(2)9-8-10-27(26)31-16-14-30(15-17-31)13-6-7-18-36-25-12-11-23(3)28(19-25)32(24(4)34)21-37-29(35)20-33/h8-12,19,33H,5-7,13-18,20-21H2,1-4H3. The average Bonchev–Trinajstić information content (AvgIpc) is 2.90. The summed E-state index contributed by atoms with van der Waals surface area (Å²) in [4.78, 5) is 29.9. The maximum Gasteiger partial charge on any atom is 0.333 e. The third-order valence-corrected chi connectivity index (χ3v) is 6.92. The number of anilines is 2. The van der Waals surface area contributed by atoms with Crippen molar-refractivity contribution in [2.24, 2.45) is 0 Å². The molecule has 1 N–H and O–H groups in total. The van der Waals surface area contributed by atoms with Crippen molar-refractivity contribution in [2.75, 3.05) is 62.5 Å². The van der Waals surface area contributed by atoms with E-state index in [1.165, 1.54) is 28.6 Å². The van der Waals surface area contributed by atoms with E-state index >= 15 is 0 Å². The molecule has 1 fully saturated rings. The molecule has 3 rings (SSSR count). The first-order chi connectivity index (χ1) is 17.8. The van der Waals surface area contributed by atoms with Crippen LogP contribution in [-0.2, 0) is 20.7 Å². The van der Waals surface area contributed by atoms with Crippen LogP contribution in [0.25, 0.3) is 0 Å². The number of hydrogen-bond donors (Lipinski definition) is 1. The highest BCUT2D eigenvalue weighted by molar-refractivity contribution is 5.92. The fourth-order valence-electron chi connectivity index (χ4n) is 4.76. The third-order valence-electron chi connectivity index (χ3n) is 6.92. The third kappa shape index (κ3) is 7.94. The number of unbranched alkanes of at least 4 members (excludes halogenated alkanes) is 1. The van der Waals surface area contributed by atoms with Crippen LogP contribution in [-0.4, -0.2) is 74.6 Å². The van der Waals surface area contributed by atoms with Crippen LogP contribution in [0.3, 0.4) is 0 Å². The van der Waals surface area contributed by atoms with Gasteiger partial charge >= 0.3 is 5.97 Å². The van der Waals surface area contributed by atoms with E-state index in [1.54, 1.807) is 6.07 Å². The van der Waals surface area contributed by atoms with Crippen molar-refractivity contribution in [1.82, 2.24) is 4.90 Å². The lowest BCUT2D eigenvalue weighted by Crippen LogP contribution is -2.47. The van der Waals surface area contributed by atoms with E-state index in [0.29, 0.717) is 18.0 Å².